The molecular formula is C21H21F3N2O4. The van der Waals surface area contributed by atoms with Gasteiger partial charge in [0, 0.05) is 24.7 Å². The van der Waals surface area contributed by atoms with Crippen molar-refractivity contribution in [3.05, 3.63) is 54.1 Å². The number of alkyl halides is 3. The molecule has 0 unspecified atom stereocenters. The summed E-state index contributed by atoms with van der Waals surface area (Å²) >= 11 is 0. The highest BCUT2D eigenvalue weighted by atomic mass is 19.4. The molecule has 0 aromatic heterocycles. The molecule has 1 fully saturated rings. The maximum Gasteiger partial charge on any atom is 0.416 e. The Hall–Kier alpha value is -3.23. The number of rotatable bonds is 8. The molecule has 30 heavy (non-hydrogen) atoms. The molecule has 0 saturated carbocycles. The molecule has 2 amide bonds. The third-order valence-corrected chi connectivity index (χ3v) is 4.43. The van der Waals surface area contributed by atoms with Gasteiger partial charge >= 0.3 is 6.18 Å². The fraction of sp³-hybridized carbons (Fsp3) is 0.333. The van der Waals surface area contributed by atoms with Crippen LogP contribution in [-0.2, 0) is 15.8 Å². The van der Waals surface area contributed by atoms with E-state index in [1.165, 1.54) is 12.1 Å². The molecule has 1 aliphatic rings. The molecule has 2 aromatic carbocycles. The number of nitrogens with zero attached hydrogens (tertiary/aromatic N) is 1. The molecule has 1 heterocycles. The second kappa shape index (κ2) is 9.51. The third-order valence-electron chi connectivity index (χ3n) is 4.43. The van der Waals surface area contributed by atoms with E-state index in [0.717, 1.165) is 24.2 Å². The molecule has 2 aromatic rings. The zero-order chi connectivity index (χ0) is 21.6. The number of nitrogens with one attached hydrogen (secondary N) is 1. The minimum atomic E-state index is -4.44. The summed E-state index contributed by atoms with van der Waals surface area (Å²) in [5.41, 5.74) is -0.0693. The lowest BCUT2D eigenvalue weighted by Gasteiger charge is -2.16. The first-order valence-corrected chi connectivity index (χ1v) is 9.43. The molecule has 3 rings (SSSR count). The van der Waals surface area contributed by atoms with Crippen molar-refractivity contribution in [1.82, 2.24) is 5.32 Å². The highest BCUT2D eigenvalue weighted by Crippen LogP contribution is 2.31. The number of amides is 2. The number of carbonyl (C=O) groups excluding carboxylic acids is 2. The van der Waals surface area contributed by atoms with Crippen LogP contribution in [0.1, 0.15) is 18.4 Å². The van der Waals surface area contributed by atoms with E-state index < -0.39 is 17.6 Å². The Balaban J connectivity index is 1.40. The summed E-state index contributed by atoms with van der Waals surface area (Å²) < 4.78 is 48.7. The lowest BCUT2D eigenvalue weighted by Crippen LogP contribution is -2.32. The Morgan fingerprint density at radius 2 is 1.80 bits per heavy atom. The Kier molecular flexibility index (Phi) is 6.81. The minimum absolute atomic E-state index is 0.0135. The van der Waals surface area contributed by atoms with E-state index in [1.807, 2.05) is 0 Å². The fourth-order valence-corrected chi connectivity index (χ4v) is 2.98. The summed E-state index contributed by atoms with van der Waals surface area (Å²) in [5, 5.41) is 2.57. The van der Waals surface area contributed by atoms with Gasteiger partial charge in [0.25, 0.3) is 5.91 Å². The average Bonchev–Trinajstić information content (AvgIpc) is 3.15. The Bertz CT molecular complexity index is 902. The number of anilines is 1. The fourth-order valence-electron chi connectivity index (χ4n) is 2.98. The molecule has 0 atom stereocenters. The Labute approximate surface area is 171 Å². The smallest absolute Gasteiger partial charge is 0.416 e. The van der Waals surface area contributed by atoms with Gasteiger partial charge in [-0.15, -0.1) is 0 Å². The number of ether oxygens (including phenoxy) is 2. The molecule has 0 aliphatic carbocycles. The van der Waals surface area contributed by atoms with E-state index in [2.05, 4.69) is 5.32 Å². The third kappa shape index (κ3) is 5.88. The van der Waals surface area contributed by atoms with Crippen molar-refractivity contribution in [2.45, 2.75) is 19.0 Å². The SMILES string of the molecule is O=C(COc1cccc(N2CCCC2=O)c1)NCCOc1cccc(C(F)(F)F)c1. The van der Waals surface area contributed by atoms with Gasteiger partial charge in [-0.05, 0) is 36.8 Å². The zero-order valence-corrected chi connectivity index (χ0v) is 16.1. The summed E-state index contributed by atoms with van der Waals surface area (Å²) in [6.07, 6.45) is -3.10. The Morgan fingerprint density at radius 3 is 2.50 bits per heavy atom. The molecule has 9 heteroatoms. The highest BCUT2D eigenvalue weighted by Gasteiger charge is 2.30. The van der Waals surface area contributed by atoms with Crippen molar-refractivity contribution in [3.8, 4) is 11.5 Å². The summed E-state index contributed by atoms with van der Waals surface area (Å²) in [7, 11) is 0. The van der Waals surface area contributed by atoms with Crippen molar-refractivity contribution in [1.29, 1.82) is 0 Å². The summed E-state index contributed by atoms with van der Waals surface area (Å²) in [4.78, 5) is 25.4. The second-order valence-electron chi connectivity index (χ2n) is 6.66. The van der Waals surface area contributed by atoms with Gasteiger partial charge in [-0.25, -0.2) is 0 Å². The first-order valence-electron chi connectivity index (χ1n) is 9.43. The first-order chi connectivity index (χ1) is 14.3. The molecule has 0 spiro atoms. The van der Waals surface area contributed by atoms with Crippen LogP contribution in [0.4, 0.5) is 18.9 Å². The number of halogens is 3. The van der Waals surface area contributed by atoms with Crippen molar-refractivity contribution >= 4 is 17.5 Å². The predicted octanol–water partition coefficient (Wildman–Crippen LogP) is 3.41. The molecule has 1 aliphatic heterocycles. The van der Waals surface area contributed by atoms with Crippen LogP contribution in [0.15, 0.2) is 48.5 Å². The van der Waals surface area contributed by atoms with Crippen molar-refractivity contribution in [2.75, 3.05) is 31.2 Å². The number of hydrogen-bond donors (Lipinski definition) is 1. The van der Waals surface area contributed by atoms with Crippen LogP contribution in [0.25, 0.3) is 0 Å². The summed E-state index contributed by atoms with van der Waals surface area (Å²) in [5.74, 6) is 0.196. The maximum absolute atomic E-state index is 12.7. The molecule has 160 valence electrons. The summed E-state index contributed by atoms with van der Waals surface area (Å²) in [6, 6.07) is 11.5. The van der Waals surface area contributed by atoms with Crippen LogP contribution < -0.4 is 19.7 Å². The van der Waals surface area contributed by atoms with Crippen LogP contribution in [0.5, 0.6) is 11.5 Å². The van der Waals surface area contributed by atoms with Gasteiger partial charge < -0.3 is 19.7 Å². The molecular weight excluding hydrogens is 401 g/mol. The topological polar surface area (TPSA) is 67.9 Å². The molecule has 1 saturated heterocycles. The lowest BCUT2D eigenvalue weighted by molar-refractivity contribution is -0.137. The number of hydrogen-bond acceptors (Lipinski definition) is 4. The molecule has 0 bridgehead atoms. The van der Waals surface area contributed by atoms with Crippen LogP contribution in [0.3, 0.4) is 0 Å². The van der Waals surface area contributed by atoms with E-state index in [9.17, 15) is 22.8 Å². The van der Waals surface area contributed by atoms with Gasteiger partial charge in [-0.1, -0.05) is 12.1 Å². The predicted molar refractivity (Wildman–Crippen MR) is 103 cm³/mol. The van der Waals surface area contributed by atoms with Crippen LogP contribution in [-0.4, -0.2) is 38.1 Å². The highest BCUT2D eigenvalue weighted by molar-refractivity contribution is 5.95. The normalized spacial score (nSPS) is 14.0. The van der Waals surface area contributed by atoms with Crippen LogP contribution in [0, 0.1) is 0 Å². The van der Waals surface area contributed by atoms with E-state index >= 15 is 0 Å². The molecule has 6 nitrogen and oxygen atoms in total. The standard InChI is InChI=1S/C21H21F3N2O4/c22-21(23,24)15-4-1-6-17(12-15)29-11-9-25-19(27)14-30-18-7-2-5-16(13-18)26-10-3-8-20(26)28/h1-2,4-7,12-13H,3,8-11,14H2,(H,25,27). The van der Waals surface area contributed by atoms with Gasteiger partial charge in [-0.3, -0.25) is 9.59 Å². The average molecular weight is 422 g/mol. The summed E-state index contributed by atoms with van der Waals surface area (Å²) in [6.45, 7) is 0.552. The van der Waals surface area contributed by atoms with E-state index in [4.69, 9.17) is 9.47 Å². The molecule has 0 radical (unpaired) electrons. The Morgan fingerprint density at radius 1 is 1.07 bits per heavy atom. The van der Waals surface area contributed by atoms with E-state index in [1.54, 1.807) is 29.2 Å². The van der Waals surface area contributed by atoms with E-state index in [0.29, 0.717) is 18.7 Å². The van der Waals surface area contributed by atoms with Crippen LogP contribution in [0.2, 0.25) is 0 Å². The van der Waals surface area contributed by atoms with Crippen molar-refractivity contribution < 1.29 is 32.2 Å². The number of carbonyl (C=O) groups is 2. The second-order valence-corrected chi connectivity index (χ2v) is 6.66. The van der Waals surface area contributed by atoms with Gasteiger partial charge in [0.05, 0.1) is 12.1 Å². The van der Waals surface area contributed by atoms with E-state index in [-0.39, 0.29) is 31.4 Å². The number of benzene rings is 2. The first kappa shape index (κ1) is 21.5. The zero-order valence-electron chi connectivity index (χ0n) is 16.1. The van der Waals surface area contributed by atoms with Crippen molar-refractivity contribution in [3.63, 3.8) is 0 Å². The monoisotopic (exact) mass is 422 g/mol. The molecule has 1 N–H and O–H groups in total. The quantitative estimate of drug-likeness (QED) is 0.662. The van der Waals surface area contributed by atoms with Gasteiger partial charge in [0.1, 0.15) is 18.1 Å². The van der Waals surface area contributed by atoms with Crippen LogP contribution >= 0.6 is 0 Å². The maximum atomic E-state index is 12.7. The minimum Gasteiger partial charge on any atom is -0.492 e. The van der Waals surface area contributed by atoms with Gasteiger partial charge in [0.15, 0.2) is 6.61 Å². The van der Waals surface area contributed by atoms with Gasteiger partial charge in [0.2, 0.25) is 5.91 Å². The van der Waals surface area contributed by atoms with Crippen molar-refractivity contribution in [2.24, 2.45) is 0 Å². The lowest BCUT2D eigenvalue weighted by atomic mass is 10.2. The largest absolute Gasteiger partial charge is 0.492 e. The van der Waals surface area contributed by atoms with Gasteiger partial charge in [-0.2, -0.15) is 13.2 Å².